The van der Waals surface area contributed by atoms with E-state index in [4.69, 9.17) is 10.5 Å². The summed E-state index contributed by atoms with van der Waals surface area (Å²) >= 11 is 0. The summed E-state index contributed by atoms with van der Waals surface area (Å²) in [6.07, 6.45) is 0.0577. The standard InChI is InChI=1S/C20H21N5O4/c1-13-20(28)25(14-7-3-2-4-8-14)24-18(22-13)19(27)23-15-9-5-6-10-16(15)29-12-11-17(21)26/h2-10,13H,11-12H2,1H3,(H2,21,26)(H,22,24)(H,23,27). The Hall–Kier alpha value is -3.88. The van der Waals surface area contributed by atoms with Gasteiger partial charge in [-0.25, -0.2) is 10.0 Å². The summed E-state index contributed by atoms with van der Waals surface area (Å²) < 4.78 is 5.52. The van der Waals surface area contributed by atoms with Crippen LogP contribution < -0.4 is 26.2 Å². The molecule has 150 valence electrons. The first kappa shape index (κ1) is 19.9. The average molecular weight is 395 g/mol. The van der Waals surface area contributed by atoms with Gasteiger partial charge >= 0.3 is 0 Å². The van der Waals surface area contributed by atoms with Gasteiger partial charge in [0.1, 0.15) is 11.8 Å². The summed E-state index contributed by atoms with van der Waals surface area (Å²) in [6.45, 7) is 1.71. The number of aliphatic imine (C=N–C) groups is 1. The van der Waals surface area contributed by atoms with E-state index in [1.165, 1.54) is 5.01 Å². The predicted octanol–water partition coefficient (Wildman–Crippen LogP) is 1.22. The molecule has 2 aromatic carbocycles. The van der Waals surface area contributed by atoms with Crippen LogP contribution in [0.2, 0.25) is 0 Å². The number of rotatable bonds is 7. The molecular formula is C20H21N5O4. The molecule has 2 aromatic rings. The van der Waals surface area contributed by atoms with Crippen molar-refractivity contribution < 1.29 is 19.1 Å². The molecule has 0 aromatic heterocycles. The van der Waals surface area contributed by atoms with E-state index in [0.717, 1.165) is 0 Å². The number of hydrogen-bond donors (Lipinski definition) is 3. The van der Waals surface area contributed by atoms with Crippen LogP contribution in [0.1, 0.15) is 13.3 Å². The van der Waals surface area contributed by atoms with Crippen LogP contribution in [0.5, 0.6) is 5.75 Å². The van der Waals surface area contributed by atoms with E-state index in [1.807, 2.05) is 6.07 Å². The zero-order valence-corrected chi connectivity index (χ0v) is 15.8. The molecule has 0 radical (unpaired) electrons. The zero-order chi connectivity index (χ0) is 20.8. The highest BCUT2D eigenvalue weighted by atomic mass is 16.5. The molecule has 1 aliphatic heterocycles. The molecule has 1 unspecified atom stereocenters. The van der Waals surface area contributed by atoms with Gasteiger partial charge in [0.15, 0.2) is 0 Å². The second-order valence-electron chi connectivity index (χ2n) is 6.29. The molecule has 4 N–H and O–H groups in total. The van der Waals surface area contributed by atoms with Crippen LogP contribution in [0.25, 0.3) is 0 Å². The van der Waals surface area contributed by atoms with Crippen LogP contribution in [0.15, 0.2) is 59.6 Å². The number of amides is 3. The Kier molecular flexibility index (Phi) is 6.08. The van der Waals surface area contributed by atoms with Crippen LogP contribution in [-0.2, 0) is 14.4 Å². The Morgan fingerprint density at radius 1 is 1.17 bits per heavy atom. The topological polar surface area (TPSA) is 126 Å². The van der Waals surface area contributed by atoms with Gasteiger partial charge in [-0.1, -0.05) is 30.3 Å². The minimum absolute atomic E-state index is 0.00658. The van der Waals surface area contributed by atoms with Crippen molar-refractivity contribution >= 4 is 34.9 Å². The van der Waals surface area contributed by atoms with E-state index in [2.05, 4.69) is 15.7 Å². The van der Waals surface area contributed by atoms with Crippen molar-refractivity contribution in [2.24, 2.45) is 10.7 Å². The predicted molar refractivity (Wildman–Crippen MR) is 108 cm³/mol. The molecular weight excluding hydrogens is 374 g/mol. The Bertz CT molecular complexity index is 945. The number of amidine groups is 1. The van der Waals surface area contributed by atoms with E-state index >= 15 is 0 Å². The maximum atomic E-state index is 12.8. The Morgan fingerprint density at radius 3 is 2.59 bits per heavy atom. The molecule has 1 heterocycles. The molecule has 0 spiro atoms. The van der Waals surface area contributed by atoms with Gasteiger partial charge in [0, 0.05) is 0 Å². The summed E-state index contributed by atoms with van der Waals surface area (Å²) in [6, 6.07) is 15.0. The number of nitrogens with two attached hydrogens (primary N) is 1. The summed E-state index contributed by atoms with van der Waals surface area (Å²) in [7, 11) is 0. The number of anilines is 2. The minimum Gasteiger partial charge on any atom is -0.491 e. The molecule has 1 atom stereocenters. The zero-order valence-electron chi connectivity index (χ0n) is 15.8. The van der Waals surface area contributed by atoms with Crippen molar-refractivity contribution in [1.82, 2.24) is 5.43 Å². The molecule has 29 heavy (non-hydrogen) atoms. The molecule has 1 aliphatic rings. The number of ether oxygens (including phenoxy) is 1. The lowest BCUT2D eigenvalue weighted by Crippen LogP contribution is -2.57. The molecule has 9 heteroatoms. The number of primary amides is 1. The van der Waals surface area contributed by atoms with Gasteiger partial charge in [0.2, 0.25) is 11.7 Å². The van der Waals surface area contributed by atoms with Crippen LogP contribution >= 0.6 is 0 Å². The third-order valence-electron chi connectivity index (χ3n) is 4.09. The molecule has 0 saturated carbocycles. The number of benzene rings is 2. The number of para-hydroxylation sites is 3. The number of hydrogen-bond acceptors (Lipinski definition) is 6. The van der Waals surface area contributed by atoms with Crippen molar-refractivity contribution in [2.45, 2.75) is 19.4 Å². The van der Waals surface area contributed by atoms with E-state index < -0.39 is 17.9 Å². The molecule has 0 aliphatic carbocycles. The number of nitrogens with one attached hydrogen (secondary N) is 2. The third kappa shape index (κ3) is 4.89. The maximum absolute atomic E-state index is 12.8. The van der Waals surface area contributed by atoms with Gasteiger partial charge in [-0.2, -0.15) is 0 Å². The van der Waals surface area contributed by atoms with Crippen molar-refractivity contribution in [3.63, 3.8) is 0 Å². The molecule has 3 amide bonds. The molecule has 0 bridgehead atoms. The summed E-state index contributed by atoms with van der Waals surface area (Å²) in [4.78, 5) is 40.2. The van der Waals surface area contributed by atoms with Gasteiger partial charge in [-0.15, -0.1) is 0 Å². The fourth-order valence-electron chi connectivity index (χ4n) is 2.64. The van der Waals surface area contributed by atoms with Crippen LogP contribution in [0.3, 0.4) is 0 Å². The Labute approximate surface area is 167 Å². The molecule has 0 saturated heterocycles. The highest BCUT2D eigenvalue weighted by Crippen LogP contribution is 2.24. The van der Waals surface area contributed by atoms with Crippen LogP contribution in [-0.4, -0.2) is 36.2 Å². The van der Waals surface area contributed by atoms with E-state index in [1.54, 1.807) is 55.5 Å². The van der Waals surface area contributed by atoms with Crippen molar-refractivity contribution in [2.75, 3.05) is 16.9 Å². The van der Waals surface area contributed by atoms with Gasteiger partial charge in [0.05, 0.1) is 24.4 Å². The highest BCUT2D eigenvalue weighted by molar-refractivity contribution is 6.43. The molecule has 0 fully saturated rings. The lowest BCUT2D eigenvalue weighted by molar-refractivity contribution is -0.120. The minimum atomic E-state index is -0.723. The van der Waals surface area contributed by atoms with Gasteiger partial charge in [0.25, 0.3) is 11.8 Å². The Morgan fingerprint density at radius 2 is 1.86 bits per heavy atom. The van der Waals surface area contributed by atoms with Gasteiger partial charge in [-0.3, -0.25) is 19.8 Å². The van der Waals surface area contributed by atoms with Crippen molar-refractivity contribution in [3.8, 4) is 5.75 Å². The fraction of sp³-hybridized carbons (Fsp3) is 0.200. The second kappa shape index (κ2) is 8.87. The molecule has 3 rings (SSSR count). The molecule has 9 nitrogen and oxygen atoms in total. The fourth-order valence-corrected chi connectivity index (χ4v) is 2.64. The smallest absolute Gasteiger partial charge is 0.292 e. The first-order chi connectivity index (χ1) is 14.0. The maximum Gasteiger partial charge on any atom is 0.292 e. The first-order valence-corrected chi connectivity index (χ1v) is 9.00. The second-order valence-corrected chi connectivity index (χ2v) is 6.29. The monoisotopic (exact) mass is 395 g/mol. The number of carbonyl (C=O) groups excluding carboxylic acids is 3. The SMILES string of the molecule is CC1N=C(C(=O)Nc2ccccc2OCCC(N)=O)NN(c2ccccc2)C1=O. The van der Waals surface area contributed by atoms with Gasteiger partial charge in [-0.05, 0) is 31.2 Å². The van der Waals surface area contributed by atoms with Crippen molar-refractivity contribution in [1.29, 1.82) is 0 Å². The number of carbonyl (C=O) groups is 3. The normalized spacial score (nSPS) is 15.9. The third-order valence-corrected chi connectivity index (χ3v) is 4.09. The quantitative estimate of drug-likeness (QED) is 0.650. The lowest BCUT2D eigenvalue weighted by Gasteiger charge is -2.30. The summed E-state index contributed by atoms with van der Waals surface area (Å²) in [5, 5.41) is 4.01. The number of hydrazine groups is 1. The largest absolute Gasteiger partial charge is 0.491 e. The van der Waals surface area contributed by atoms with E-state index in [0.29, 0.717) is 17.1 Å². The first-order valence-electron chi connectivity index (χ1n) is 9.00. The van der Waals surface area contributed by atoms with E-state index in [9.17, 15) is 14.4 Å². The van der Waals surface area contributed by atoms with Gasteiger partial charge < -0.3 is 15.8 Å². The lowest BCUT2D eigenvalue weighted by atomic mass is 10.2. The Balaban J connectivity index is 1.74. The van der Waals surface area contributed by atoms with Crippen LogP contribution in [0.4, 0.5) is 11.4 Å². The van der Waals surface area contributed by atoms with Crippen molar-refractivity contribution in [3.05, 3.63) is 54.6 Å². The van der Waals surface area contributed by atoms with E-state index in [-0.39, 0.29) is 24.8 Å². The highest BCUT2D eigenvalue weighted by Gasteiger charge is 2.30. The number of nitrogens with zero attached hydrogens (tertiary/aromatic N) is 2. The van der Waals surface area contributed by atoms with Crippen LogP contribution in [0, 0.1) is 0 Å². The summed E-state index contributed by atoms with van der Waals surface area (Å²) in [5.41, 5.74) is 8.88. The average Bonchev–Trinajstić information content (AvgIpc) is 2.71. The summed E-state index contributed by atoms with van der Waals surface area (Å²) in [5.74, 6) is -0.901.